The summed E-state index contributed by atoms with van der Waals surface area (Å²) in [4.78, 5) is 11.4. The maximum atomic E-state index is 11.4. The highest BCUT2D eigenvalue weighted by Crippen LogP contribution is 2.30. The zero-order chi connectivity index (χ0) is 13.0. The molecule has 0 radical (unpaired) electrons. The Bertz CT molecular complexity index is 434. The number of alkyl halides is 1. The van der Waals surface area contributed by atoms with Crippen LogP contribution in [0.2, 0.25) is 0 Å². The summed E-state index contributed by atoms with van der Waals surface area (Å²) in [6.07, 6.45) is 2.30. The number of hydrogen-bond acceptors (Lipinski definition) is 2. The van der Waals surface area contributed by atoms with Gasteiger partial charge in [-0.3, -0.25) is 4.79 Å². The maximum absolute atomic E-state index is 11.4. The molecule has 0 saturated heterocycles. The summed E-state index contributed by atoms with van der Waals surface area (Å²) in [6, 6.07) is 6.20. The third-order valence-electron chi connectivity index (χ3n) is 3.26. The molecule has 18 heavy (non-hydrogen) atoms. The van der Waals surface area contributed by atoms with E-state index < -0.39 is 0 Å². The highest BCUT2D eigenvalue weighted by molar-refractivity contribution is 6.17. The van der Waals surface area contributed by atoms with E-state index in [0.29, 0.717) is 12.3 Å². The van der Waals surface area contributed by atoms with Crippen LogP contribution >= 0.6 is 11.6 Å². The SMILES string of the molecule is CNC(=O)Cc1ccc2c(c1)CCOC2CCCl. The van der Waals surface area contributed by atoms with E-state index in [9.17, 15) is 4.79 Å². The van der Waals surface area contributed by atoms with Crippen molar-refractivity contribution >= 4 is 17.5 Å². The summed E-state index contributed by atoms with van der Waals surface area (Å²) in [5.41, 5.74) is 3.57. The van der Waals surface area contributed by atoms with Crippen LogP contribution in [0.3, 0.4) is 0 Å². The molecule has 0 aliphatic carbocycles. The fourth-order valence-corrected chi connectivity index (χ4v) is 2.51. The molecule has 0 saturated carbocycles. The van der Waals surface area contributed by atoms with Crippen molar-refractivity contribution < 1.29 is 9.53 Å². The summed E-state index contributed by atoms with van der Waals surface area (Å²) in [7, 11) is 1.66. The second-order valence-corrected chi connectivity index (χ2v) is 4.85. The zero-order valence-corrected chi connectivity index (χ0v) is 11.3. The summed E-state index contributed by atoms with van der Waals surface area (Å²) in [5, 5.41) is 2.64. The van der Waals surface area contributed by atoms with Crippen LogP contribution in [0, 0.1) is 0 Å². The first kappa shape index (κ1) is 13.4. The molecule has 3 nitrogen and oxygen atoms in total. The number of amides is 1. The molecular formula is C14H18ClNO2. The van der Waals surface area contributed by atoms with E-state index in [0.717, 1.165) is 25.0 Å². The molecule has 0 spiro atoms. The molecular weight excluding hydrogens is 250 g/mol. The second-order valence-electron chi connectivity index (χ2n) is 4.47. The topological polar surface area (TPSA) is 38.3 Å². The maximum Gasteiger partial charge on any atom is 0.224 e. The number of carbonyl (C=O) groups excluding carboxylic acids is 1. The average molecular weight is 268 g/mol. The van der Waals surface area contributed by atoms with Crippen molar-refractivity contribution in [1.82, 2.24) is 5.32 Å². The molecule has 1 unspecified atom stereocenters. The van der Waals surface area contributed by atoms with Gasteiger partial charge in [0.1, 0.15) is 0 Å². The van der Waals surface area contributed by atoms with Crippen molar-refractivity contribution in [3.63, 3.8) is 0 Å². The Labute approximate surface area is 112 Å². The number of nitrogens with one attached hydrogen (secondary N) is 1. The van der Waals surface area contributed by atoms with Gasteiger partial charge in [0, 0.05) is 12.9 Å². The number of ether oxygens (including phenoxy) is 1. The number of hydrogen-bond donors (Lipinski definition) is 1. The molecule has 1 N–H and O–H groups in total. The van der Waals surface area contributed by atoms with Crippen LogP contribution < -0.4 is 5.32 Å². The average Bonchev–Trinajstić information content (AvgIpc) is 2.39. The predicted molar refractivity (Wildman–Crippen MR) is 71.9 cm³/mol. The lowest BCUT2D eigenvalue weighted by Gasteiger charge is -2.26. The third kappa shape index (κ3) is 3.03. The normalized spacial score (nSPS) is 18.2. The number of benzene rings is 1. The molecule has 1 aromatic rings. The van der Waals surface area contributed by atoms with Crippen molar-refractivity contribution in [3.05, 3.63) is 34.9 Å². The Morgan fingerprint density at radius 1 is 1.56 bits per heavy atom. The molecule has 1 atom stereocenters. The van der Waals surface area contributed by atoms with E-state index in [-0.39, 0.29) is 12.0 Å². The van der Waals surface area contributed by atoms with Gasteiger partial charge < -0.3 is 10.1 Å². The van der Waals surface area contributed by atoms with E-state index in [1.165, 1.54) is 11.1 Å². The van der Waals surface area contributed by atoms with Crippen LogP contribution in [-0.4, -0.2) is 25.4 Å². The van der Waals surface area contributed by atoms with Gasteiger partial charge in [-0.1, -0.05) is 18.2 Å². The van der Waals surface area contributed by atoms with E-state index in [4.69, 9.17) is 16.3 Å². The monoisotopic (exact) mass is 267 g/mol. The largest absolute Gasteiger partial charge is 0.373 e. The minimum absolute atomic E-state index is 0.0410. The van der Waals surface area contributed by atoms with Gasteiger partial charge in [-0.2, -0.15) is 0 Å². The minimum Gasteiger partial charge on any atom is -0.373 e. The summed E-state index contributed by atoms with van der Waals surface area (Å²) < 4.78 is 5.72. The summed E-state index contributed by atoms with van der Waals surface area (Å²) in [5.74, 6) is 0.642. The molecule has 1 aromatic carbocycles. The lowest BCUT2D eigenvalue weighted by molar-refractivity contribution is -0.119. The van der Waals surface area contributed by atoms with Crippen LogP contribution in [0.1, 0.15) is 29.2 Å². The molecule has 0 aromatic heterocycles. The number of halogens is 1. The van der Waals surface area contributed by atoms with E-state index in [1.54, 1.807) is 7.05 Å². The van der Waals surface area contributed by atoms with Crippen molar-refractivity contribution in [1.29, 1.82) is 0 Å². The van der Waals surface area contributed by atoms with Crippen LogP contribution in [0.4, 0.5) is 0 Å². The summed E-state index contributed by atoms with van der Waals surface area (Å²) in [6.45, 7) is 0.734. The Morgan fingerprint density at radius 3 is 3.11 bits per heavy atom. The van der Waals surface area contributed by atoms with Gasteiger partial charge in [-0.25, -0.2) is 0 Å². The van der Waals surface area contributed by atoms with Crippen molar-refractivity contribution in [2.24, 2.45) is 0 Å². The number of likely N-dealkylation sites (N-methyl/N-ethyl adjacent to an activating group) is 1. The first-order chi connectivity index (χ1) is 8.74. The highest BCUT2D eigenvalue weighted by atomic mass is 35.5. The lowest BCUT2D eigenvalue weighted by Crippen LogP contribution is -2.21. The fourth-order valence-electron chi connectivity index (χ4n) is 2.31. The van der Waals surface area contributed by atoms with Gasteiger partial charge in [-0.15, -0.1) is 11.6 Å². The van der Waals surface area contributed by atoms with Crippen LogP contribution in [0.15, 0.2) is 18.2 Å². The van der Waals surface area contributed by atoms with Crippen molar-refractivity contribution in [2.75, 3.05) is 19.5 Å². The molecule has 0 bridgehead atoms. The number of rotatable bonds is 4. The quantitative estimate of drug-likeness (QED) is 0.850. The van der Waals surface area contributed by atoms with Gasteiger partial charge in [0.2, 0.25) is 5.91 Å². The molecule has 98 valence electrons. The minimum atomic E-state index is 0.0410. The molecule has 2 rings (SSSR count). The summed E-state index contributed by atoms with van der Waals surface area (Å²) >= 11 is 5.79. The number of fused-ring (bicyclic) bond motifs is 1. The molecule has 1 aliphatic heterocycles. The first-order valence-electron chi connectivity index (χ1n) is 6.24. The van der Waals surface area contributed by atoms with Crippen LogP contribution in [-0.2, 0) is 22.4 Å². The van der Waals surface area contributed by atoms with Crippen LogP contribution in [0.25, 0.3) is 0 Å². The van der Waals surface area contributed by atoms with Gasteiger partial charge >= 0.3 is 0 Å². The van der Waals surface area contributed by atoms with Gasteiger partial charge in [0.25, 0.3) is 0 Å². The van der Waals surface area contributed by atoms with Crippen molar-refractivity contribution in [3.8, 4) is 0 Å². The fraction of sp³-hybridized carbons (Fsp3) is 0.500. The Hall–Kier alpha value is -1.06. The van der Waals surface area contributed by atoms with Crippen LogP contribution in [0.5, 0.6) is 0 Å². The predicted octanol–water partition coefficient (Wildman–Crippen LogP) is 2.22. The highest BCUT2D eigenvalue weighted by Gasteiger charge is 2.20. The zero-order valence-electron chi connectivity index (χ0n) is 10.5. The molecule has 0 fully saturated rings. The molecule has 1 aliphatic rings. The Kier molecular flexibility index (Phi) is 4.61. The second kappa shape index (κ2) is 6.21. The van der Waals surface area contributed by atoms with Gasteiger partial charge in [0.05, 0.1) is 19.1 Å². The van der Waals surface area contributed by atoms with E-state index in [2.05, 4.69) is 17.4 Å². The first-order valence-corrected chi connectivity index (χ1v) is 6.78. The Balaban J connectivity index is 2.18. The smallest absolute Gasteiger partial charge is 0.224 e. The third-order valence-corrected chi connectivity index (χ3v) is 3.48. The Morgan fingerprint density at radius 2 is 2.39 bits per heavy atom. The van der Waals surface area contributed by atoms with E-state index in [1.807, 2.05) is 6.07 Å². The van der Waals surface area contributed by atoms with E-state index >= 15 is 0 Å². The van der Waals surface area contributed by atoms with Crippen molar-refractivity contribution in [2.45, 2.75) is 25.4 Å². The van der Waals surface area contributed by atoms with Gasteiger partial charge in [-0.05, 0) is 29.5 Å². The molecule has 1 heterocycles. The standard InChI is InChI=1S/C14H18ClNO2/c1-16-14(17)9-10-2-3-12-11(8-10)5-7-18-13(12)4-6-15/h2-3,8,13H,4-7,9H2,1H3,(H,16,17). The van der Waals surface area contributed by atoms with Gasteiger partial charge in [0.15, 0.2) is 0 Å². The molecule has 1 amide bonds. The molecule has 4 heteroatoms. The lowest BCUT2D eigenvalue weighted by atomic mass is 9.93. The number of carbonyl (C=O) groups is 1.